The fraction of sp³-hybridized carbons (Fsp3) is 0.429. The van der Waals surface area contributed by atoms with Crippen LogP contribution >= 0.6 is 0 Å². The fourth-order valence-corrected chi connectivity index (χ4v) is 3.59. The molecule has 1 aliphatic rings. The number of carbonyl (C=O) groups is 1. The average Bonchev–Trinajstić information content (AvgIpc) is 2.70. The van der Waals surface area contributed by atoms with E-state index in [9.17, 15) is 9.18 Å². The zero-order valence-electron chi connectivity index (χ0n) is 15.5. The summed E-state index contributed by atoms with van der Waals surface area (Å²) in [6, 6.07) is 9.79. The van der Waals surface area contributed by atoms with Gasteiger partial charge in [0.05, 0.1) is 23.9 Å². The predicted molar refractivity (Wildman–Crippen MR) is 101 cm³/mol. The maximum atomic E-state index is 13.3. The van der Waals surface area contributed by atoms with Crippen molar-refractivity contribution in [2.75, 3.05) is 25.6 Å². The van der Waals surface area contributed by atoms with Crippen molar-refractivity contribution in [1.29, 1.82) is 0 Å². The zero-order valence-corrected chi connectivity index (χ0v) is 15.5. The van der Waals surface area contributed by atoms with Crippen molar-refractivity contribution < 1.29 is 18.7 Å². The van der Waals surface area contributed by atoms with Gasteiger partial charge in [0.25, 0.3) is 0 Å². The number of ether oxygens (including phenoxy) is 2. The number of rotatable bonds is 7. The van der Waals surface area contributed by atoms with Gasteiger partial charge in [0.2, 0.25) is 11.8 Å². The minimum absolute atomic E-state index is 0.0661. The van der Waals surface area contributed by atoms with E-state index in [4.69, 9.17) is 9.47 Å². The van der Waals surface area contributed by atoms with Gasteiger partial charge < -0.3 is 14.8 Å². The number of nitrogens with one attached hydrogen (secondary N) is 1. The summed E-state index contributed by atoms with van der Waals surface area (Å²) in [5, 5.41) is 2.98. The molecule has 1 saturated carbocycles. The number of nitrogens with zero attached hydrogens (tertiary/aromatic N) is 1. The number of hydrogen-bond donors (Lipinski definition) is 1. The van der Waals surface area contributed by atoms with Gasteiger partial charge in [0.1, 0.15) is 12.4 Å². The first-order valence-corrected chi connectivity index (χ1v) is 9.29. The van der Waals surface area contributed by atoms with Crippen LogP contribution in [0.25, 0.3) is 0 Å². The highest BCUT2D eigenvalue weighted by molar-refractivity contribution is 5.99. The molecule has 0 saturated heterocycles. The van der Waals surface area contributed by atoms with E-state index < -0.39 is 5.41 Å². The summed E-state index contributed by atoms with van der Waals surface area (Å²) in [7, 11) is 1.61. The lowest BCUT2D eigenvalue weighted by Crippen LogP contribution is -2.42. The van der Waals surface area contributed by atoms with Crippen LogP contribution in [-0.2, 0) is 14.9 Å². The van der Waals surface area contributed by atoms with Gasteiger partial charge in [-0.15, -0.1) is 0 Å². The molecule has 144 valence electrons. The Morgan fingerprint density at radius 2 is 1.85 bits per heavy atom. The molecule has 27 heavy (non-hydrogen) atoms. The number of benzene rings is 1. The normalized spacial score (nSPS) is 15.9. The Morgan fingerprint density at radius 1 is 1.11 bits per heavy atom. The number of pyridine rings is 1. The Labute approximate surface area is 158 Å². The Balaban J connectivity index is 1.74. The second-order valence-corrected chi connectivity index (χ2v) is 6.83. The van der Waals surface area contributed by atoms with Crippen molar-refractivity contribution in [2.24, 2.45) is 0 Å². The number of carbonyl (C=O) groups excluding carboxylic acids is 1. The predicted octanol–water partition coefficient (Wildman–Crippen LogP) is 4.09. The van der Waals surface area contributed by atoms with Gasteiger partial charge in [-0.3, -0.25) is 4.79 Å². The molecular weight excluding hydrogens is 347 g/mol. The lowest BCUT2D eigenvalue weighted by Gasteiger charge is -2.36. The first-order valence-electron chi connectivity index (χ1n) is 9.29. The molecule has 1 N–H and O–H groups in total. The van der Waals surface area contributed by atoms with Gasteiger partial charge in [-0.05, 0) is 36.6 Å². The van der Waals surface area contributed by atoms with E-state index in [-0.39, 0.29) is 11.7 Å². The standard InChI is InChI=1S/C21H25FN2O3/c1-26-13-14-27-19-10-9-18(15-23-19)24-20(25)21(11-3-2-4-12-21)16-5-7-17(22)8-6-16/h5-10,15H,2-4,11-14H2,1H3,(H,24,25). The summed E-state index contributed by atoms with van der Waals surface area (Å²) in [6.07, 6.45) is 6.18. The molecule has 1 aromatic carbocycles. The summed E-state index contributed by atoms with van der Waals surface area (Å²) in [6.45, 7) is 0.906. The van der Waals surface area contributed by atoms with Gasteiger partial charge in [0, 0.05) is 13.2 Å². The second kappa shape index (κ2) is 8.95. The molecule has 0 spiro atoms. The molecule has 1 fully saturated rings. The van der Waals surface area contributed by atoms with Crippen LogP contribution in [0, 0.1) is 5.82 Å². The molecule has 3 rings (SSSR count). The van der Waals surface area contributed by atoms with Crippen LogP contribution in [0.15, 0.2) is 42.6 Å². The third-order valence-corrected chi connectivity index (χ3v) is 5.07. The number of hydrogen-bond acceptors (Lipinski definition) is 4. The van der Waals surface area contributed by atoms with E-state index in [1.807, 2.05) is 0 Å². The summed E-state index contributed by atoms with van der Waals surface area (Å²) >= 11 is 0. The summed E-state index contributed by atoms with van der Waals surface area (Å²) in [4.78, 5) is 17.4. The van der Waals surface area contributed by atoms with E-state index in [0.29, 0.717) is 24.8 Å². The largest absolute Gasteiger partial charge is 0.475 e. The number of aromatic nitrogens is 1. The molecule has 0 atom stereocenters. The van der Waals surface area contributed by atoms with Gasteiger partial charge in [-0.25, -0.2) is 9.37 Å². The van der Waals surface area contributed by atoms with Gasteiger partial charge >= 0.3 is 0 Å². The van der Waals surface area contributed by atoms with Crippen molar-refractivity contribution >= 4 is 11.6 Å². The van der Waals surface area contributed by atoms with Gasteiger partial charge in [-0.1, -0.05) is 31.4 Å². The van der Waals surface area contributed by atoms with E-state index in [2.05, 4.69) is 10.3 Å². The summed E-state index contributed by atoms with van der Waals surface area (Å²) < 4.78 is 23.7. The highest BCUT2D eigenvalue weighted by Crippen LogP contribution is 2.40. The molecule has 1 aromatic heterocycles. The maximum Gasteiger partial charge on any atom is 0.235 e. The lowest BCUT2D eigenvalue weighted by molar-refractivity contribution is -0.122. The molecule has 1 amide bonds. The smallest absolute Gasteiger partial charge is 0.235 e. The fourth-order valence-electron chi connectivity index (χ4n) is 3.59. The number of halogens is 1. The second-order valence-electron chi connectivity index (χ2n) is 6.83. The van der Waals surface area contributed by atoms with Gasteiger partial charge in [0.15, 0.2) is 0 Å². The highest BCUT2D eigenvalue weighted by atomic mass is 19.1. The SMILES string of the molecule is COCCOc1ccc(NC(=O)C2(c3ccc(F)cc3)CCCCC2)cn1. The Kier molecular flexibility index (Phi) is 6.40. The Hall–Kier alpha value is -2.47. The van der Waals surface area contributed by atoms with Gasteiger partial charge in [-0.2, -0.15) is 0 Å². The zero-order chi connectivity index (χ0) is 19.1. The van der Waals surface area contributed by atoms with Crippen LogP contribution in [0.1, 0.15) is 37.7 Å². The number of methoxy groups -OCH3 is 1. The van der Waals surface area contributed by atoms with Crippen molar-refractivity contribution in [3.05, 3.63) is 54.0 Å². The van der Waals surface area contributed by atoms with E-state index in [0.717, 1.165) is 37.7 Å². The minimum atomic E-state index is -0.625. The maximum absolute atomic E-state index is 13.3. The van der Waals surface area contributed by atoms with Crippen LogP contribution in [-0.4, -0.2) is 31.2 Å². The first kappa shape index (κ1) is 19.3. The monoisotopic (exact) mass is 372 g/mol. The molecule has 1 aliphatic carbocycles. The quantitative estimate of drug-likeness (QED) is 0.744. The molecule has 5 nitrogen and oxygen atoms in total. The minimum Gasteiger partial charge on any atom is -0.475 e. The average molecular weight is 372 g/mol. The molecular formula is C21H25FN2O3. The van der Waals surface area contributed by atoms with Crippen LogP contribution in [0.2, 0.25) is 0 Å². The van der Waals surface area contributed by atoms with Crippen molar-refractivity contribution in [1.82, 2.24) is 4.98 Å². The molecule has 0 unspecified atom stereocenters. The number of anilines is 1. The summed E-state index contributed by atoms with van der Waals surface area (Å²) in [5.74, 6) is 0.123. The van der Waals surface area contributed by atoms with Crippen LogP contribution in [0.4, 0.5) is 10.1 Å². The van der Waals surface area contributed by atoms with Crippen LogP contribution < -0.4 is 10.1 Å². The van der Waals surface area contributed by atoms with Crippen molar-refractivity contribution in [2.45, 2.75) is 37.5 Å². The Bertz CT molecular complexity index is 741. The topological polar surface area (TPSA) is 60.5 Å². The summed E-state index contributed by atoms with van der Waals surface area (Å²) in [5.41, 5.74) is 0.860. The van der Waals surface area contributed by atoms with Crippen LogP contribution in [0.3, 0.4) is 0 Å². The first-order chi connectivity index (χ1) is 13.1. The molecule has 1 heterocycles. The third-order valence-electron chi connectivity index (χ3n) is 5.07. The van der Waals surface area contributed by atoms with Crippen LogP contribution in [0.5, 0.6) is 5.88 Å². The Morgan fingerprint density at radius 3 is 2.48 bits per heavy atom. The molecule has 0 aliphatic heterocycles. The lowest BCUT2D eigenvalue weighted by atomic mass is 9.68. The highest BCUT2D eigenvalue weighted by Gasteiger charge is 2.41. The molecule has 0 bridgehead atoms. The molecule has 0 radical (unpaired) electrons. The molecule has 6 heteroatoms. The van der Waals surface area contributed by atoms with Crippen molar-refractivity contribution in [3.63, 3.8) is 0 Å². The van der Waals surface area contributed by atoms with Crippen molar-refractivity contribution in [3.8, 4) is 5.88 Å². The molecule has 2 aromatic rings. The number of amides is 1. The van der Waals surface area contributed by atoms with E-state index in [1.165, 1.54) is 12.1 Å². The third kappa shape index (κ3) is 4.63. The van der Waals surface area contributed by atoms with E-state index >= 15 is 0 Å². The van der Waals surface area contributed by atoms with E-state index in [1.54, 1.807) is 37.6 Å².